The summed E-state index contributed by atoms with van der Waals surface area (Å²) in [6.45, 7) is 2.05. The zero-order valence-corrected chi connectivity index (χ0v) is 9.31. The van der Waals surface area contributed by atoms with Crippen molar-refractivity contribution < 1.29 is 9.90 Å². The zero-order valence-electron chi connectivity index (χ0n) is 9.31. The van der Waals surface area contributed by atoms with Crippen molar-refractivity contribution in [3.05, 3.63) is 30.1 Å². The molecular weight excluding hydrogens is 204 g/mol. The maximum absolute atomic E-state index is 11.6. The van der Waals surface area contributed by atoms with Crippen molar-refractivity contribution in [1.82, 2.24) is 10.3 Å². The van der Waals surface area contributed by atoms with Crippen LogP contribution in [0.1, 0.15) is 30.3 Å². The van der Waals surface area contributed by atoms with E-state index in [0.717, 1.165) is 12.8 Å². The molecule has 4 heteroatoms. The van der Waals surface area contributed by atoms with Crippen LogP contribution < -0.4 is 5.32 Å². The van der Waals surface area contributed by atoms with Crippen molar-refractivity contribution in [3.63, 3.8) is 0 Å². The van der Waals surface area contributed by atoms with Gasteiger partial charge in [0.15, 0.2) is 0 Å². The third-order valence-electron chi connectivity index (χ3n) is 2.96. The van der Waals surface area contributed by atoms with Crippen LogP contribution in [0.2, 0.25) is 0 Å². The predicted molar refractivity (Wildman–Crippen MR) is 59.9 cm³/mol. The van der Waals surface area contributed by atoms with E-state index in [2.05, 4.69) is 10.3 Å². The molecule has 4 nitrogen and oxygen atoms in total. The summed E-state index contributed by atoms with van der Waals surface area (Å²) in [6.07, 6.45) is 3.67. The number of hydrogen-bond acceptors (Lipinski definition) is 3. The predicted octanol–water partition coefficient (Wildman–Crippen LogP) is 0.972. The van der Waals surface area contributed by atoms with Crippen LogP contribution in [0.3, 0.4) is 0 Å². The Bertz CT molecular complexity index is 372. The number of carbonyl (C=O) groups excluding carboxylic acids is 1. The van der Waals surface area contributed by atoms with E-state index in [-0.39, 0.29) is 12.5 Å². The fraction of sp³-hybridized carbons (Fsp3) is 0.500. The molecule has 0 saturated heterocycles. The lowest BCUT2D eigenvalue weighted by molar-refractivity contribution is 0.0353. The lowest BCUT2D eigenvalue weighted by Gasteiger charge is -2.23. The topological polar surface area (TPSA) is 62.2 Å². The number of hydrogen-bond donors (Lipinski definition) is 2. The summed E-state index contributed by atoms with van der Waals surface area (Å²) in [7, 11) is 0. The largest absolute Gasteiger partial charge is 0.388 e. The number of nitrogens with one attached hydrogen (secondary N) is 1. The monoisotopic (exact) mass is 220 g/mol. The van der Waals surface area contributed by atoms with Crippen molar-refractivity contribution in [3.8, 4) is 0 Å². The Labute approximate surface area is 94.7 Å². The summed E-state index contributed by atoms with van der Waals surface area (Å²) in [4.78, 5) is 15.6. The van der Waals surface area contributed by atoms with Crippen LogP contribution in [0.5, 0.6) is 0 Å². The van der Waals surface area contributed by atoms with E-state index in [9.17, 15) is 9.90 Å². The number of nitrogens with zero attached hydrogens (tertiary/aromatic N) is 1. The van der Waals surface area contributed by atoms with Gasteiger partial charge in [-0.3, -0.25) is 9.78 Å². The Morgan fingerprint density at radius 1 is 1.62 bits per heavy atom. The summed E-state index contributed by atoms with van der Waals surface area (Å²) in [5.74, 6) is 0.0954. The van der Waals surface area contributed by atoms with E-state index >= 15 is 0 Å². The number of rotatable bonds is 4. The van der Waals surface area contributed by atoms with Crippen LogP contribution in [0.15, 0.2) is 24.4 Å². The normalized spacial score (nSPS) is 18.9. The Kier molecular flexibility index (Phi) is 2.92. The number of carbonyl (C=O) groups is 1. The van der Waals surface area contributed by atoms with Crippen molar-refractivity contribution in [1.29, 1.82) is 0 Å². The number of pyridine rings is 1. The van der Waals surface area contributed by atoms with E-state index < -0.39 is 5.60 Å². The minimum Gasteiger partial charge on any atom is -0.388 e. The molecule has 0 bridgehead atoms. The van der Waals surface area contributed by atoms with Gasteiger partial charge in [0.05, 0.1) is 5.60 Å². The quantitative estimate of drug-likeness (QED) is 0.794. The van der Waals surface area contributed by atoms with Crippen molar-refractivity contribution in [2.75, 3.05) is 6.54 Å². The molecule has 1 aromatic heterocycles. The molecule has 1 fully saturated rings. The number of aliphatic hydroxyl groups is 1. The van der Waals surface area contributed by atoms with Gasteiger partial charge in [0.25, 0.3) is 5.91 Å². The molecule has 1 heterocycles. The molecule has 1 aliphatic carbocycles. The van der Waals surface area contributed by atoms with Gasteiger partial charge in [0.1, 0.15) is 5.69 Å². The third-order valence-corrected chi connectivity index (χ3v) is 2.96. The molecule has 1 aliphatic rings. The van der Waals surface area contributed by atoms with E-state index in [1.54, 1.807) is 31.3 Å². The molecule has 1 atom stereocenters. The van der Waals surface area contributed by atoms with Gasteiger partial charge >= 0.3 is 0 Å². The van der Waals surface area contributed by atoms with Crippen LogP contribution in [0.4, 0.5) is 0 Å². The van der Waals surface area contributed by atoms with Crippen molar-refractivity contribution in [2.24, 2.45) is 5.92 Å². The SMILES string of the molecule is CC(O)(CNC(=O)c1ccccn1)C1CC1. The van der Waals surface area contributed by atoms with Crippen LogP contribution in [-0.2, 0) is 0 Å². The Balaban J connectivity index is 1.88. The van der Waals surface area contributed by atoms with Crippen LogP contribution in [0.25, 0.3) is 0 Å². The van der Waals surface area contributed by atoms with Crippen LogP contribution in [0, 0.1) is 5.92 Å². The molecule has 0 spiro atoms. The zero-order chi connectivity index (χ0) is 11.6. The van der Waals surface area contributed by atoms with Crippen LogP contribution >= 0.6 is 0 Å². The smallest absolute Gasteiger partial charge is 0.269 e. The summed E-state index contributed by atoms with van der Waals surface area (Å²) in [5, 5.41) is 12.7. The molecule has 86 valence electrons. The van der Waals surface area contributed by atoms with Crippen molar-refractivity contribution in [2.45, 2.75) is 25.4 Å². The molecule has 0 aromatic carbocycles. The standard InChI is InChI=1S/C12H16N2O2/c1-12(16,9-5-6-9)8-14-11(15)10-4-2-3-7-13-10/h2-4,7,9,16H,5-6,8H2,1H3,(H,14,15). The average molecular weight is 220 g/mol. The fourth-order valence-electron chi connectivity index (χ4n) is 1.70. The minimum atomic E-state index is -0.787. The van der Waals surface area contributed by atoms with Gasteiger partial charge in [-0.15, -0.1) is 0 Å². The Hall–Kier alpha value is -1.42. The van der Waals surface area contributed by atoms with E-state index in [4.69, 9.17) is 0 Å². The number of aromatic nitrogens is 1. The first-order valence-corrected chi connectivity index (χ1v) is 5.51. The summed E-state index contributed by atoms with van der Waals surface area (Å²) >= 11 is 0. The Morgan fingerprint density at radius 2 is 2.38 bits per heavy atom. The highest BCUT2D eigenvalue weighted by molar-refractivity contribution is 5.92. The highest BCUT2D eigenvalue weighted by Gasteiger charge is 2.39. The van der Waals surface area contributed by atoms with Gasteiger partial charge in [-0.05, 0) is 37.8 Å². The first kappa shape index (κ1) is 11.1. The molecule has 1 aromatic rings. The lowest BCUT2D eigenvalue weighted by Crippen LogP contribution is -2.42. The van der Waals surface area contributed by atoms with E-state index in [0.29, 0.717) is 11.6 Å². The van der Waals surface area contributed by atoms with Gasteiger partial charge in [-0.2, -0.15) is 0 Å². The number of amides is 1. The molecule has 0 aliphatic heterocycles. The lowest BCUT2D eigenvalue weighted by atomic mass is 10.0. The second kappa shape index (κ2) is 4.22. The third kappa shape index (κ3) is 2.58. The summed E-state index contributed by atoms with van der Waals surface area (Å²) < 4.78 is 0. The van der Waals surface area contributed by atoms with Gasteiger partial charge in [0.2, 0.25) is 0 Å². The van der Waals surface area contributed by atoms with Gasteiger partial charge in [0, 0.05) is 12.7 Å². The summed E-state index contributed by atoms with van der Waals surface area (Å²) in [6, 6.07) is 5.18. The minimum absolute atomic E-state index is 0.235. The van der Waals surface area contributed by atoms with Gasteiger partial charge < -0.3 is 10.4 Å². The van der Waals surface area contributed by atoms with E-state index in [1.165, 1.54) is 0 Å². The molecule has 2 rings (SSSR count). The summed E-state index contributed by atoms with van der Waals surface area (Å²) in [5.41, 5.74) is -0.404. The second-order valence-corrected chi connectivity index (χ2v) is 4.53. The maximum Gasteiger partial charge on any atom is 0.269 e. The highest BCUT2D eigenvalue weighted by atomic mass is 16.3. The first-order valence-electron chi connectivity index (χ1n) is 5.51. The van der Waals surface area contributed by atoms with E-state index in [1.807, 2.05) is 0 Å². The van der Waals surface area contributed by atoms with Gasteiger partial charge in [-0.1, -0.05) is 6.07 Å². The fourth-order valence-corrected chi connectivity index (χ4v) is 1.70. The molecule has 1 saturated carbocycles. The van der Waals surface area contributed by atoms with Crippen LogP contribution in [-0.4, -0.2) is 28.1 Å². The highest BCUT2D eigenvalue weighted by Crippen LogP contribution is 2.38. The molecular formula is C12H16N2O2. The second-order valence-electron chi connectivity index (χ2n) is 4.53. The molecule has 16 heavy (non-hydrogen) atoms. The average Bonchev–Trinajstić information content (AvgIpc) is 3.11. The molecule has 1 unspecified atom stereocenters. The first-order chi connectivity index (χ1) is 7.59. The molecule has 0 radical (unpaired) electrons. The molecule has 2 N–H and O–H groups in total. The van der Waals surface area contributed by atoms with Gasteiger partial charge in [-0.25, -0.2) is 0 Å². The maximum atomic E-state index is 11.6. The Morgan fingerprint density at radius 3 is 2.94 bits per heavy atom. The van der Waals surface area contributed by atoms with Crippen molar-refractivity contribution >= 4 is 5.91 Å². The molecule has 1 amide bonds.